The molecule has 1 aromatic heterocycles. The summed E-state index contributed by atoms with van der Waals surface area (Å²) in [5.74, 6) is 0.348. The standard InChI is InChI=1S/C12H15BrN2O2/c1-15(7-8-4-9(13)5-8)12(17)10-6-14-3-2-11(10)16/h2-3,6,8-9H,4-5,7H2,1H3,(H,14,16). The lowest BCUT2D eigenvalue weighted by molar-refractivity contribution is 0.0747. The van der Waals surface area contributed by atoms with Gasteiger partial charge in [0.2, 0.25) is 0 Å². The molecule has 1 amide bonds. The Balaban J connectivity index is 2.00. The molecule has 0 spiro atoms. The van der Waals surface area contributed by atoms with E-state index in [4.69, 9.17) is 0 Å². The van der Waals surface area contributed by atoms with E-state index in [0.717, 1.165) is 19.4 Å². The van der Waals surface area contributed by atoms with Crippen molar-refractivity contribution >= 4 is 21.8 Å². The molecule has 1 saturated carbocycles. The lowest BCUT2D eigenvalue weighted by Crippen LogP contribution is -2.39. The molecule has 1 heterocycles. The van der Waals surface area contributed by atoms with Gasteiger partial charge in [-0.3, -0.25) is 9.59 Å². The van der Waals surface area contributed by atoms with E-state index in [-0.39, 0.29) is 16.9 Å². The van der Waals surface area contributed by atoms with Gasteiger partial charge < -0.3 is 9.88 Å². The van der Waals surface area contributed by atoms with Crippen LogP contribution in [0.1, 0.15) is 23.2 Å². The van der Waals surface area contributed by atoms with Gasteiger partial charge in [0.1, 0.15) is 5.56 Å². The van der Waals surface area contributed by atoms with Crippen molar-refractivity contribution in [2.75, 3.05) is 13.6 Å². The van der Waals surface area contributed by atoms with Gasteiger partial charge in [0, 0.05) is 36.9 Å². The number of carbonyl (C=O) groups is 1. The van der Waals surface area contributed by atoms with Crippen LogP contribution in [0, 0.1) is 5.92 Å². The van der Waals surface area contributed by atoms with Crippen LogP contribution in [0.3, 0.4) is 0 Å². The monoisotopic (exact) mass is 298 g/mol. The van der Waals surface area contributed by atoms with Crippen LogP contribution in [0.4, 0.5) is 0 Å². The number of aromatic amines is 1. The van der Waals surface area contributed by atoms with E-state index < -0.39 is 0 Å². The fraction of sp³-hybridized carbons (Fsp3) is 0.500. The molecule has 92 valence electrons. The quantitative estimate of drug-likeness (QED) is 0.862. The highest BCUT2D eigenvalue weighted by molar-refractivity contribution is 9.09. The predicted octanol–water partition coefficient (Wildman–Crippen LogP) is 1.62. The minimum Gasteiger partial charge on any atom is -0.367 e. The summed E-state index contributed by atoms with van der Waals surface area (Å²) >= 11 is 3.53. The van der Waals surface area contributed by atoms with Crippen molar-refractivity contribution in [3.63, 3.8) is 0 Å². The number of rotatable bonds is 3. The first kappa shape index (κ1) is 12.4. The molecule has 0 aromatic carbocycles. The number of alkyl halides is 1. The van der Waals surface area contributed by atoms with Crippen molar-refractivity contribution in [3.05, 3.63) is 34.2 Å². The Bertz CT molecular complexity index is 466. The summed E-state index contributed by atoms with van der Waals surface area (Å²) in [4.78, 5) is 28.5. The Morgan fingerprint density at radius 3 is 2.88 bits per heavy atom. The lowest BCUT2D eigenvalue weighted by atomic mass is 9.85. The summed E-state index contributed by atoms with van der Waals surface area (Å²) in [6.07, 6.45) is 5.20. The number of hydrogen-bond donors (Lipinski definition) is 1. The summed E-state index contributed by atoms with van der Waals surface area (Å²) in [7, 11) is 1.75. The summed E-state index contributed by atoms with van der Waals surface area (Å²) in [6, 6.07) is 1.37. The zero-order valence-electron chi connectivity index (χ0n) is 9.65. The Hall–Kier alpha value is -1.10. The largest absolute Gasteiger partial charge is 0.367 e. The van der Waals surface area contributed by atoms with Gasteiger partial charge in [0.15, 0.2) is 5.43 Å². The third-order valence-corrected chi connectivity index (χ3v) is 3.86. The van der Waals surface area contributed by atoms with E-state index in [1.807, 2.05) is 0 Å². The molecule has 0 atom stereocenters. The molecular weight excluding hydrogens is 284 g/mol. The van der Waals surface area contributed by atoms with Crippen LogP contribution in [0.2, 0.25) is 0 Å². The van der Waals surface area contributed by atoms with Crippen LogP contribution >= 0.6 is 15.9 Å². The number of H-pyrrole nitrogens is 1. The number of halogens is 1. The van der Waals surface area contributed by atoms with Gasteiger partial charge in [-0.05, 0) is 18.8 Å². The van der Waals surface area contributed by atoms with Crippen molar-refractivity contribution in [2.45, 2.75) is 17.7 Å². The number of nitrogens with zero attached hydrogens (tertiary/aromatic N) is 1. The highest BCUT2D eigenvalue weighted by Crippen LogP contribution is 2.33. The maximum absolute atomic E-state index is 12.0. The van der Waals surface area contributed by atoms with Gasteiger partial charge in [-0.1, -0.05) is 15.9 Å². The van der Waals surface area contributed by atoms with Crippen LogP contribution in [-0.2, 0) is 0 Å². The van der Waals surface area contributed by atoms with E-state index in [9.17, 15) is 9.59 Å². The molecule has 0 unspecified atom stereocenters. The normalized spacial score (nSPS) is 22.9. The predicted molar refractivity (Wildman–Crippen MR) is 69.5 cm³/mol. The molecule has 0 saturated heterocycles. The fourth-order valence-electron chi connectivity index (χ4n) is 2.06. The van der Waals surface area contributed by atoms with Crippen LogP contribution in [0.5, 0.6) is 0 Å². The summed E-state index contributed by atoms with van der Waals surface area (Å²) in [5.41, 5.74) is -0.0164. The highest BCUT2D eigenvalue weighted by Gasteiger charge is 2.29. The summed E-state index contributed by atoms with van der Waals surface area (Å²) < 4.78 is 0. The van der Waals surface area contributed by atoms with E-state index in [1.165, 1.54) is 18.5 Å². The zero-order valence-corrected chi connectivity index (χ0v) is 11.2. The molecule has 1 aliphatic carbocycles. The SMILES string of the molecule is CN(CC1CC(Br)C1)C(=O)c1c[nH]ccc1=O. The zero-order chi connectivity index (χ0) is 12.4. The molecule has 1 aromatic rings. The Labute approximate surface area is 108 Å². The number of carbonyl (C=O) groups excluding carboxylic acids is 1. The highest BCUT2D eigenvalue weighted by atomic mass is 79.9. The van der Waals surface area contributed by atoms with Crippen molar-refractivity contribution in [3.8, 4) is 0 Å². The Morgan fingerprint density at radius 2 is 2.29 bits per heavy atom. The third kappa shape index (κ3) is 2.77. The molecule has 0 bridgehead atoms. The van der Waals surface area contributed by atoms with Crippen molar-refractivity contribution in [2.24, 2.45) is 5.92 Å². The van der Waals surface area contributed by atoms with Gasteiger partial charge in [-0.15, -0.1) is 0 Å². The Kier molecular flexibility index (Phi) is 3.66. The molecule has 0 aliphatic heterocycles. The second-order valence-electron chi connectivity index (χ2n) is 4.54. The van der Waals surface area contributed by atoms with Crippen LogP contribution < -0.4 is 5.43 Å². The minimum atomic E-state index is -0.229. The van der Waals surface area contributed by atoms with Gasteiger partial charge in [0.25, 0.3) is 5.91 Å². The van der Waals surface area contributed by atoms with E-state index in [0.29, 0.717) is 10.7 Å². The second kappa shape index (κ2) is 5.04. The molecular formula is C12H15BrN2O2. The first-order chi connectivity index (χ1) is 8.08. The second-order valence-corrected chi connectivity index (χ2v) is 5.84. The molecule has 4 nitrogen and oxygen atoms in total. The first-order valence-corrected chi connectivity index (χ1v) is 6.56. The molecule has 1 N–H and O–H groups in total. The van der Waals surface area contributed by atoms with Crippen molar-refractivity contribution in [1.82, 2.24) is 9.88 Å². The van der Waals surface area contributed by atoms with Crippen LogP contribution in [-0.4, -0.2) is 34.2 Å². The maximum Gasteiger partial charge on any atom is 0.259 e. The molecule has 1 aliphatic rings. The van der Waals surface area contributed by atoms with E-state index >= 15 is 0 Å². The molecule has 1 fully saturated rings. The van der Waals surface area contributed by atoms with E-state index in [2.05, 4.69) is 20.9 Å². The van der Waals surface area contributed by atoms with Gasteiger partial charge >= 0.3 is 0 Å². The number of nitrogens with one attached hydrogen (secondary N) is 1. The van der Waals surface area contributed by atoms with Crippen molar-refractivity contribution < 1.29 is 4.79 Å². The molecule has 2 rings (SSSR count). The third-order valence-electron chi connectivity index (χ3n) is 3.11. The average Bonchev–Trinajstić information content (AvgIpc) is 2.26. The number of amides is 1. The molecule has 17 heavy (non-hydrogen) atoms. The number of aromatic nitrogens is 1. The fourth-order valence-corrected chi connectivity index (χ4v) is 3.12. The summed E-state index contributed by atoms with van der Waals surface area (Å²) in [6.45, 7) is 0.718. The molecule has 0 radical (unpaired) electrons. The van der Waals surface area contributed by atoms with Crippen molar-refractivity contribution in [1.29, 1.82) is 0 Å². The lowest BCUT2D eigenvalue weighted by Gasteiger charge is -2.34. The van der Waals surface area contributed by atoms with Crippen LogP contribution in [0.25, 0.3) is 0 Å². The minimum absolute atomic E-state index is 0.204. The average molecular weight is 299 g/mol. The van der Waals surface area contributed by atoms with E-state index in [1.54, 1.807) is 11.9 Å². The topological polar surface area (TPSA) is 53.2 Å². The van der Waals surface area contributed by atoms with Gasteiger partial charge in [0.05, 0.1) is 0 Å². The van der Waals surface area contributed by atoms with Gasteiger partial charge in [-0.2, -0.15) is 0 Å². The Morgan fingerprint density at radius 1 is 1.59 bits per heavy atom. The summed E-state index contributed by atoms with van der Waals surface area (Å²) in [5, 5.41) is 0. The molecule has 5 heteroatoms. The number of hydrogen-bond acceptors (Lipinski definition) is 2. The number of pyridine rings is 1. The van der Waals surface area contributed by atoms with Crippen LogP contribution in [0.15, 0.2) is 23.3 Å². The maximum atomic E-state index is 12.0. The smallest absolute Gasteiger partial charge is 0.259 e. The van der Waals surface area contributed by atoms with Gasteiger partial charge in [-0.25, -0.2) is 0 Å². The first-order valence-electron chi connectivity index (χ1n) is 5.64.